The Morgan fingerprint density at radius 3 is 2.71 bits per heavy atom. The van der Waals surface area contributed by atoms with E-state index in [0.29, 0.717) is 0 Å². The van der Waals surface area contributed by atoms with Gasteiger partial charge in [0.2, 0.25) is 0 Å². The number of hydrogen-bond donors (Lipinski definition) is 0. The molecule has 1 aromatic rings. The first-order valence-corrected chi connectivity index (χ1v) is 5.17. The van der Waals surface area contributed by atoms with Crippen LogP contribution in [0.25, 0.3) is 0 Å². The molecule has 0 N–H and O–H groups in total. The minimum atomic E-state index is 0.237. The summed E-state index contributed by atoms with van der Waals surface area (Å²) in [5, 5.41) is 4.07. The third-order valence-corrected chi connectivity index (χ3v) is 2.98. The molecule has 78 valence electrons. The summed E-state index contributed by atoms with van der Waals surface area (Å²) in [6.45, 7) is 10.8. The van der Waals surface area contributed by atoms with Gasteiger partial charge in [-0.05, 0) is 27.7 Å². The van der Waals surface area contributed by atoms with E-state index in [-0.39, 0.29) is 5.54 Å². The molecule has 1 aromatic heterocycles. The fraction of sp³-hybridized carbons (Fsp3) is 0.727. The summed E-state index contributed by atoms with van der Waals surface area (Å²) < 4.78 is 5.20. The van der Waals surface area contributed by atoms with Gasteiger partial charge >= 0.3 is 0 Å². The average Bonchev–Trinajstić information content (AvgIpc) is 2.46. The summed E-state index contributed by atoms with van der Waals surface area (Å²) in [6, 6.07) is 0. The van der Waals surface area contributed by atoms with Gasteiger partial charge in [0.05, 0.1) is 5.69 Å². The van der Waals surface area contributed by atoms with Gasteiger partial charge in [0.15, 0.2) is 0 Å². The summed E-state index contributed by atoms with van der Waals surface area (Å²) in [4.78, 5) is 2.47. The highest BCUT2D eigenvalue weighted by Gasteiger charge is 2.28. The highest BCUT2D eigenvalue weighted by molar-refractivity contribution is 5.24. The van der Waals surface area contributed by atoms with Crippen molar-refractivity contribution in [1.82, 2.24) is 10.1 Å². The first-order chi connectivity index (χ1) is 6.48. The lowest BCUT2D eigenvalue weighted by Gasteiger charge is -2.37. The first-order valence-electron chi connectivity index (χ1n) is 5.17. The molecule has 3 nitrogen and oxygen atoms in total. The minimum Gasteiger partial charge on any atom is -0.361 e. The van der Waals surface area contributed by atoms with Gasteiger partial charge in [0, 0.05) is 30.6 Å². The van der Waals surface area contributed by atoms with Gasteiger partial charge in [-0.3, -0.25) is 4.90 Å². The maximum atomic E-state index is 5.20. The Morgan fingerprint density at radius 2 is 2.07 bits per heavy atom. The van der Waals surface area contributed by atoms with Crippen LogP contribution in [-0.4, -0.2) is 22.1 Å². The fourth-order valence-corrected chi connectivity index (χ4v) is 1.92. The molecule has 14 heavy (non-hydrogen) atoms. The van der Waals surface area contributed by atoms with Crippen molar-refractivity contribution in [1.29, 1.82) is 0 Å². The predicted octanol–water partition coefficient (Wildman–Crippen LogP) is 2.14. The first kappa shape index (κ1) is 9.71. The highest BCUT2D eigenvalue weighted by atomic mass is 16.5. The molecule has 0 amide bonds. The van der Waals surface area contributed by atoms with Crippen LogP contribution >= 0.6 is 0 Å². The van der Waals surface area contributed by atoms with Gasteiger partial charge in [0.1, 0.15) is 5.76 Å². The van der Waals surface area contributed by atoms with Crippen molar-refractivity contribution in [3.8, 4) is 0 Å². The monoisotopic (exact) mass is 194 g/mol. The number of aryl methyl sites for hydroxylation is 1. The van der Waals surface area contributed by atoms with Gasteiger partial charge < -0.3 is 4.52 Å². The molecular weight excluding hydrogens is 176 g/mol. The molecule has 0 saturated heterocycles. The smallest absolute Gasteiger partial charge is 0.138 e. The zero-order valence-corrected chi connectivity index (χ0v) is 9.42. The Kier molecular flexibility index (Phi) is 2.14. The van der Waals surface area contributed by atoms with E-state index in [2.05, 4.69) is 30.8 Å². The summed E-state index contributed by atoms with van der Waals surface area (Å²) in [5.41, 5.74) is 2.69. The summed E-state index contributed by atoms with van der Waals surface area (Å²) >= 11 is 0. The Hall–Kier alpha value is -0.830. The Morgan fingerprint density at radius 1 is 1.36 bits per heavy atom. The highest BCUT2D eigenvalue weighted by Crippen LogP contribution is 2.26. The molecule has 0 spiro atoms. The van der Waals surface area contributed by atoms with Crippen LogP contribution in [0.1, 0.15) is 37.8 Å². The third kappa shape index (κ3) is 1.57. The number of aromatic nitrogens is 1. The Balaban J connectivity index is 2.24. The van der Waals surface area contributed by atoms with E-state index < -0.39 is 0 Å². The molecule has 3 heteroatoms. The van der Waals surface area contributed by atoms with Crippen LogP contribution in [0.15, 0.2) is 4.52 Å². The standard InChI is InChI=1S/C11H18N2O/c1-8-9-7-13(11(2,3)4)6-5-10(9)12-14-8/h5-7H2,1-4H3. The average molecular weight is 194 g/mol. The molecule has 0 aliphatic carbocycles. The molecule has 0 bridgehead atoms. The van der Waals surface area contributed by atoms with E-state index in [4.69, 9.17) is 4.52 Å². The molecule has 1 aliphatic heterocycles. The maximum Gasteiger partial charge on any atom is 0.138 e. The van der Waals surface area contributed by atoms with E-state index in [1.165, 1.54) is 5.56 Å². The Bertz CT molecular complexity index is 336. The van der Waals surface area contributed by atoms with Crippen molar-refractivity contribution in [2.75, 3.05) is 6.54 Å². The summed E-state index contributed by atoms with van der Waals surface area (Å²) in [7, 11) is 0. The van der Waals surface area contributed by atoms with Crippen molar-refractivity contribution in [3.63, 3.8) is 0 Å². The van der Waals surface area contributed by atoms with Crippen LogP contribution in [0.3, 0.4) is 0 Å². The molecule has 0 saturated carbocycles. The van der Waals surface area contributed by atoms with Crippen LogP contribution in [0.2, 0.25) is 0 Å². The van der Waals surface area contributed by atoms with Crippen LogP contribution in [0, 0.1) is 6.92 Å². The van der Waals surface area contributed by atoms with Crippen molar-refractivity contribution in [2.24, 2.45) is 0 Å². The topological polar surface area (TPSA) is 29.3 Å². The SMILES string of the molecule is Cc1onc2c1CN(C(C)(C)C)CC2. The van der Waals surface area contributed by atoms with Crippen molar-refractivity contribution >= 4 is 0 Å². The van der Waals surface area contributed by atoms with E-state index in [1.54, 1.807) is 0 Å². The summed E-state index contributed by atoms with van der Waals surface area (Å²) in [6.07, 6.45) is 1.02. The molecular formula is C11H18N2O. The van der Waals surface area contributed by atoms with E-state index in [9.17, 15) is 0 Å². The molecule has 0 fully saturated rings. The van der Waals surface area contributed by atoms with E-state index in [1.807, 2.05) is 6.92 Å². The number of rotatable bonds is 0. The lowest BCUT2D eigenvalue weighted by Crippen LogP contribution is -2.44. The quantitative estimate of drug-likeness (QED) is 0.633. The number of fused-ring (bicyclic) bond motifs is 1. The van der Waals surface area contributed by atoms with Crippen molar-refractivity contribution in [2.45, 2.75) is 46.2 Å². The largest absolute Gasteiger partial charge is 0.361 e. The minimum absolute atomic E-state index is 0.237. The molecule has 0 unspecified atom stereocenters. The normalized spacial score (nSPS) is 18.3. The van der Waals surface area contributed by atoms with Crippen molar-refractivity contribution < 1.29 is 4.52 Å². The second kappa shape index (κ2) is 3.09. The molecule has 2 heterocycles. The van der Waals surface area contributed by atoms with Gasteiger partial charge in [-0.15, -0.1) is 0 Å². The van der Waals surface area contributed by atoms with E-state index in [0.717, 1.165) is 31.0 Å². The lowest BCUT2D eigenvalue weighted by molar-refractivity contribution is 0.120. The van der Waals surface area contributed by atoms with Crippen LogP contribution in [0.4, 0.5) is 0 Å². The zero-order chi connectivity index (χ0) is 10.3. The third-order valence-electron chi connectivity index (χ3n) is 2.98. The maximum absolute atomic E-state index is 5.20. The molecule has 2 rings (SSSR count). The number of hydrogen-bond acceptors (Lipinski definition) is 3. The lowest BCUT2D eigenvalue weighted by atomic mass is 9.99. The molecule has 0 radical (unpaired) electrons. The van der Waals surface area contributed by atoms with Crippen LogP contribution in [0.5, 0.6) is 0 Å². The van der Waals surface area contributed by atoms with Gasteiger partial charge in [-0.1, -0.05) is 5.16 Å². The molecule has 1 aliphatic rings. The van der Waals surface area contributed by atoms with Crippen molar-refractivity contribution in [3.05, 3.63) is 17.0 Å². The Labute approximate surface area is 85.1 Å². The fourth-order valence-electron chi connectivity index (χ4n) is 1.92. The second-order valence-corrected chi connectivity index (χ2v) is 5.01. The van der Waals surface area contributed by atoms with Crippen LogP contribution < -0.4 is 0 Å². The van der Waals surface area contributed by atoms with Crippen LogP contribution in [-0.2, 0) is 13.0 Å². The van der Waals surface area contributed by atoms with E-state index >= 15 is 0 Å². The van der Waals surface area contributed by atoms with Gasteiger partial charge in [-0.25, -0.2) is 0 Å². The second-order valence-electron chi connectivity index (χ2n) is 5.01. The molecule has 0 atom stereocenters. The zero-order valence-electron chi connectivity index (χ0n) is 9.42. The van der Waals surface area contributed by atoms with Gasteiger partial charge in [-0.2, -0.15) is 0 Å². The predicted molar refractivity (Wildman–Crippen MR) is 55.1 cm³/mol. The molecule has 0 aromatic carbocycles. The summed E-state index contributed by atoms with van der Waals surface area (Å²) in [5.74, 6) is 0.981. The van der Waals surface area contributed by atoms with Gasteiger partial charge in [0.25, 0.3) is 0 Å². The number of nitrogens with zero attached hydrogens (tertiary/aromatic N) is 2.